The van der Waals surface area contributed by atoms with E-state index in [1.165, 1.54) is 13.8 Å². The molecule has 0 bridgehead atoms. The van der Waals surface area contributed by atoms with Gasteiger partial charge in [-0.25, -0.2) is 0 Å². The standard InChI is InChI=1S/C12H21NO3/c1-4-5-12(6-7-12)8-13-9(14)11(2,3)10(15)16/h4-8H2,1-3H3,(H,13,14)(H,15,16). The highest BCUT2D eigenvalue weighted by molar-refractivity contribution is 6.00. The first-order valence-corrected chi connectivity index (χ1v) is 5.86. The number of carboxylic acids is 1. The molecule has 0 aromatic carbocycles. The van der Waals surface area contributed by atoms with E-state index in [9.17, 15) is 9.59 Å². The van der Waals surface area contributed by atoms with Gasteiger partial charge in [0, 0.05) is 6.54 Å². The van der Waals surface area contributed by atoms with Crippen molar-refractivity contribution >= 4 is 11.9 Å². The molecule has 0 aliphatic heterocycles. The summed E-state index contributed by atoms with van der Waals surface area (Å²) in [5.74, 6) is -1.47. The Labute approximate surface area is 96.4 Å². The minimum Gasteiger partial charge on any atom is -0.480 e. The molecular formula is C12H21NO3. The Hall–Kier alpha value is -1.06. The summed E-state index contributed by atoms with van der Waals surface area (Å²) < 4.78 is 0. The van der Waals surface area contributed by atoms with Crippen molar-refractivity contribution in [2.24, 2.45) is 10.8 Å². The Bertz CT molecular complexity index is 293. The van der Waals surface area contributed by atoms with Gasteiger partial charge in [-0.2, -0.15) is 0 Å². The van der Waals surface area contributed by atoms with Gasteiger partial charge in [0.05, 0.1) is 0 Å². The average molecular weight is 227 g/mol. The van der Waals surface area contributed by atoms with Crippen LogP contribution in [0.4, 0.5) is 0 Å². The fourth-order valence-electron chi connectivity index (χ4n) is 1.81. The minimum absolute atomic E-state index is 0.263. The molecule has 1 fully saturated rings. The Morgan fingerprint density at radius 2 is 1.94 bits per heavy atom. The molecule has 4 heteroatoms. The van der Waals surface area contributed by atoms with Crippen LogP contribution in [0, 0.1) is 10.8 Å². The number of nitrogens with one attached hydrogen (secondary N) is 1. The zero-order valence-electron chi connectivity index (χ0n) is 10.3. The highest BCUT2D eigenvalue weighted by Crippen LogP contribution is 2.49. The predicted molar refractivity (Wildman–Crippen MR) is 61.0 cm³/mol. The first kappa shape index (κ1) is 13.0. The van der Waals surface area contributed by atoms with Gasteiger partial charge >= 0.3 is 5.97 Å². The maximum atomic E-state index is 11.7. The van der Waals surface area contributed by atoms with Gasteiger partial charge in [-0.05, 0) is 38.5 Å². The normalized spacial score (nSPS) is 17.9. The Kier molecular flexibility index (Phi) is 3.61. The molecule has 16 heavy (non-hydrogen) atoms. The smallest absolute Gasteiger partial charge is 0.318 e. The molecule has 92 valence electrons. The summed E-state index contributed by atoms with van der Waals surface area (Å²) >= 11 is 0. The molecule has 4 nitrogen and oxygen atoms in total. The van der Waals surface area contributed by atoms with Crippen LogP contribution in [0.25, 0.3) is 0 Å². The van der Waals surface area contributed by atoms with Gasteiger partial charge in [0.25, 0.3) is 0 Å². The molecule has 0 radical (unpaired) electrons. The summed E-state index contributed by atoms with van der Waals surface area (Å²) in [6, 6.07) is 0. The molecule has 0 aromatic heterocycles. The second-order valence-corrected chi connectivity index (χ2v) is 5.36. The van der Waals surface area contributed by atoms with Gasteiger partial charge in [-0.15, -0.1) is 0 Å². The number of hydrogen-bond donors (Lipinski definition) is 2. The molecule has 0 heterocycles. The molecule has 0 unspecified atom stereocenters. The SMILES string of the molecule is CCCC1(CNC(=O)C(C)(C)C(=O)O)CC1. The van der Waals surface area contributed by atoms with Crippen LogP contribution in [-0.2, 0) is 9.59 Å². The summed E-state index contributed by atoms with van der Waals surface area (Å²) in [6.07, 6.45) is 4.52. The van der Waals surface area contributed by atoms with Gasteiger partial charge in [-0.1, -0.05) is 13.3 Å². The molecule has 1 saturated carbocycles. The minimum atomic E-state index is -1.33. The number of aliphatic carboxylic acids is 1. The first-order chi connectivity index (χ1) is 7.34. The number of hydrogen-bond acceptors (Lipinski definition) is 2. The third kappa shape index (κ3) is 2.74. The third-order valence-corrected chi connectivity index (χ3v) is 3.46. The van der Waals surface area contributed by atoms with Crippen molar-refractivity contribution in [2.75, 3.05) is 6.54 Å². The predicted octanol–water partition coefficient (Wildman–Crippen LogP) is 1.79. The van der Waals surface area contributed by atoms with E-state index >= 15 is 0 Å². The van der Waals surface area contributed by atoms with Crippen LogP contribution in [0.15, 0.2) is 0 Å². The Morgan fingerprint density at radius 1 is 1.38 bits per heavy atom. The van der Waals surface area contributed by atoms with Gasteiger partial charge in [0.2, 0.25) is 5.91 Å². The fraction of sp³-hybridized carbons (Fsp3) is 0.833. The molecule has 1 aliphatic carbocycles. The lowest BCUT2D eigenvalue weighted by Gasteiger charge is -2.21. The van der Waals surface area contributed by atoms with Gasteiger partial charge in [0.1, 0.15) is 5.41 Å². The molecule has 0 atom stereocenters. The van der Waals surface area contributed by atoms with Crippen molar-refractivity contribution in [3.05, 3.63) is 0 Å². The second-order valence-electron chi connectivity index (χ2n) is 5.36. The van der Waals surface area contributed by atoms with Crippen molar-refractivity contribution in [1.82, 2.24) is 5.32 Å². The summed E-state index contributed by atoms with van der Waals surface area (Å²) in [4.78, 5) is 22.6. The molecule has 0 saturated heterocycles. The van der Waals surface area contributed by atoms with Crippen molar-refractivity contribution in [1.29, 1.82) is 0 Å². The second kappa shape index (κ2) is 4.44. The lowest BCUT2D eigenvalue weighted by molar-refractivity contribution is -0.153. The summed E-state index contributed by atoms with van der Waals surface area (Å²) in [6.45, 7) is 5.62. The monoisotopic (exact) mass is 227 g/mol. The Balaban J connectivity index is 2.44. The maximum Gasteiger partial charge on any atom is 0.318 e. The average Bonchev–Trinajstić information content (AvgIpc) is 2.95. The van der Waals surface area contributed by atoms with Crippen molar-refractivity contribution < 1.29 is 14.7 Å². The van der Waals surface area contributed by atoms with Crippen LogP contribution in [0.3, 0.4) is 0 Å². The van der Waals surface area contributed by atoms with Gasteiger partial charge in [-0.3, -0.25) is 9.59 Å². The molecule has 0 aromatic rings. The molecule has 2 N–H and O–H groups in total. The van der Waals surface area contributed by atoms with Crippen LogP contribution in [0.2, 0.25) is 0 Å². The van der Waals surface area contributed by atoms with Crippen LogP contribution < -0.4 is 5.32 Å². The lowest BCUT2D eigenvalue weighted by atomic mass is 9.92. The van der Waals surface area contributed by atoms with E-state index in [0.29, 0.717) is 6.54 Å². The number of carbonyl (C=O) groups excluding carboxylic acids is 1. The highest BCUT2D eigenvalue weighted by Gasteiger charge is 2.43. The lowest BCUT2D eigenvalue weighted by Crippen LogP contribution is -2.44. The molecular weight excluding hydrogens is 206 g/mol. The van der Waals surface area contributed by atoms with Crippen molar-refractivity contribution in [3.63, 3.8) is 0 Å². The highest BCUT2D eigenvalue weighted by atomic mass is 16.4. The van der Waals surface area contributed by atoms with E-state index in [1.807, 2.05) is 0 Å². The molecule has 0 spiro atoms. The summed E-state index contributed by atoms with van der Waals surface area (Å²) in [7, 11) is 0. The largest absolute Gasteiger partial charge is 0.480 e. The summed E-state index contributed by atoms with van der Waals surface area (Å²) in [5, 5.41) is 11.7. The van der Waals surface area contributed by atoms with E-state index < -0.39 is 11.4 Å². The maximum absolute atomic E-state index is 11.7. The fourth-order valence-corrected chi connectivity index (χ4v) is 1.81. The van der Waals surface area contributed by atoms with E-state index in [4.69, 9.17) is 5.11 Å². The van der Waals surface area contributed by atoms with Crippen LogP contribution in [-0.4, -0.2) is 23.5 Å². The summed E-state index contributed by atoms with van der Waals surface area (Å²) in [5.41, 5.74) is -1.07. The zero-order valence-corrected chi connectivity index (χ0v) is 10.3. The van der Waals surface area contributed by atoms with Crippen molar-refractivity contribution in [3.8, 4) is 0 Å². The van der Waals surface area contributed by atoms with E-state index in [0.717, 1.165) is 25.7 Å². The molecule has 1 amide bonds. The molecule has 1 aliphatic rings. The van der Waals surface area contributed by atoms with Crippen molar-refractivity contribution in [2.45, 2.75) is 46.5 Å². The van der Waals surface area contributed by atoms with Gasteiger partial charge in [0.15, 0.2) is 0 Å². The number of rotatable bonds is 6. The van der Waals surface area contributed by atoms with Gasteiger partial charge < -0.3 is 10.4 Å². The molecule has 1 rings (SSSR count). The van der Waals surface area contributed by atoms with Crippen LogP contribution in [0.5, 0.6) is 0 Å². The first-order valence-electron chi connectivity index (χ1n) is 5.86. The topological polar surface area (TPSA) is 66.4 Å². The van der Waals surface area contributed by atoms with E-state index in [-0.39, 0.29) is 11.3 Å². The third-order valence-electron chi connectivity index (χ3n) is 3.46. The number of carboxylic acid groups (broad SMARTS) is 1. The van der Waals surface area contributed by atoms with Crippen LogP contribution >= 0.6 is 0 Å². The number of carbonyl (C=O) groups is 2. The quantitative estimate of drug-likeness (QED) is 0.680. The van der Waals surface area contributed by atoms with E-state index in [1.54, 1.807) is 0 Å². The number of amides is 1. The van der Waals surface area contributed by atoms with Crippen LogP contribution in [0.1, 0.15) is 46.5 Å². The van der Waals surface area contributed by atoms with E-state index in [2.05, 4.69) is 12.2 Å². The Morgan fingerprint density at radius 3 is 2.31 bits per heavy atom. The zero-order chi connectivity index (χ0) is 12.4.